The van der Waals surface area contributed by atoms with Crippen LogP contribution in [0.15, 0.2) is 97.6 Å². The first-order valence-electron chi connectivity index (χ1n) is 21.6. The molecular weight excluding hydrogens is 1050 g/mol. The summed E-state index contributed by atoms with van der Waals surface area (Å²) in [7, 11) is 4.05. The highest BCUT2D eigenvalue weighted by Gasteiger charge is 2.38. The number of methoxy groups -OCH3 is 1. The molecule has 392 valence electrons. The summed E-state index contributed by atoms with van der Waals surface area (Å²) in [6.07, 6.45) is -4.61. The number of benzene rings is 2. The van der Waals surface area contributed by atoms with Crippen molar-refractivity contribution in [3.63, 3.8) is 0 Å². The van der Waals surface area contributed by atoms with E-state index in [1.807, 2.05) is 0 Å². The van der Waals surface area contributed by atoms with E-state index in [0.717, 1.165) is 31.5 Å². The SMILES string of the molecule is COC(=O)c1cc(Oc2ncc(CCl)cc2C(F)(F)F)ccc1N(C(=O)c1ccc(Cl)cn1)C(C)C.CON(C)Cc1cnc(Oc2ccc(N(C(=O)c3ccc(Cl)cn3)C(C)C)c(C(=O)O)c2)c(C(F)(F)F)c1. The molecule has 74 heavy (non-hydrogen) atoms. The molecule has 16 nitrogen and oxygen atoms in total. The zero-order valence-corrected chi connectivity index (χ0v) is 42.3. The van der Waals surface area contributed by atoms with Crippen LogP contribution in [-0.4, -0.2) is 87.2 Å². The van der Waals surface area contributed by atoms with Crippen molar-refractivity contribution in [2.24, 2.45) is 0 Å². The van der Waals surface area contributed by atoms with Gasteiger partial charge in [0.25, 0.3) is 11.8 Å². The predicted octanol–water partition coefficient (Wildman–Crippen LogP) is 12.2. The number of carbonyl (C=O) groups is 4. The number of carbonyl (C=O) groups excluding carboxylic acids is 3. The summed E-state index contributed by atoms with van der Waals surface area (Å²) >= 11 is 17.3. The fourth-order valence-electron chi connectivity index (χ4n) is 6.78. The summed E-state index contributed by atoms with van der Waals surface area (Å²) in [6, 6.07) is 14.0. The highest BCUT2D eigenvalue weighted by molar-refractivity contribution is 6.30. The number of aromatic carboxylic acids is 1. The van der Waals surface area contributed by atoms with Crippen LogP contribution in [0.1, 0.15) is 91.6 Å². The minimum atomic E-state index is -4.80. The highest BCUT2D eigenvalue weighted by Crippen LogP contribution is 2.41. The Bertz CT molecular complexity index is 2990. The summed E-state index contributed by atoms with van der Waals surface area (Å²) in [6.45, 7) is 6.82. The topological polar surface area (TPSA) is 187 Å². The van der Waals surface area contributed by atoms with E-state index in [0.29, 0.717) is 10.0 Å². The van der Waals surface area contributed by atoms with Crippen LogP contribution in [0, 0.1) is 0 Å². The van der Waals surface area contributed by atoms with Crippen LogP contribution < -0.4 is 19.3 Å². The number of hydrogen-bond donors (Lipinski definition) is 1. The van der Waals surface area contributed by atoms with Crippen molar-refractivity contribution in [1.29, 1.82) is 0 Å². The molecule has 0 aliphatic heterocycles. The first-order valence-corrected chi connectivity index (χ1v) is 22.9. The maximum Gasteiger partial charge on any atom is 0.421 e. The number of nitrogens with zero attached hydrogens (tertiary/aromatic N) is 7. The van der Waals surface area contributed by atoms with E-state index in [1.54, 1.807) is 34.7 Å². The van der Waals surface area contributed by atoms with Crippen molar-refractivity contribution in [1.82, 2.24) is 25.0 Å². The van der Waals surface area contributed by atoms with Gasteiger partial charge in [-0.05, 0) is 112 Å². The van der Waals surface area contributed by atoms with Gasteiger partial charge in [-0.15, -0.1) is 11.6 Å². The average molecular weight is 1100 g/mol. The van der Waals surface area contributed by atoms with Gasteiger partial charge in [0.2, 0.25) is 11.8 Å². The zero-order chi connectivity index (χ0) is 54.8. The summed E-state index contributed by atoms with van der Waals surface area (Å²) in [5, 5.41) is 11.8. The van der Waals surface area contributed by atoms with Gasteiger partial charge in [-0.25, -0.2) is 29.5 Å². The fraction of sp³-hybridized carbons (Fsp3) is 0.265. The zero-order valence-electron chi connectivity index (χ0n) is 40.1. The smallest absolute Gasteiger partial charge is 0.421 e. The van der Waals surface area contributed by atoms with E-state index < -0.39 is 71.1 Å². The molecule has 2 aromatic carbocycles. The molecule has 0 bridgehead atoms. The van der Waals surface area contributed by atoms with Gasteiger partial charge in [0.05, 0.1) is 53.3 Å². The van der Waals surface area contributed by atoms with Gasteiger partial charge in [0, 0.05) is 49.8 Å². The van der Waals surface area contributed by atoms with Gasteiger partial charge in [0.15, 0.2) is 0 Å². The molecule has 0 atom stereocenters. The number of hydroxylamine groups is 2. The van der Waals surface area contributed by atoms with Crippen LogP contribution >= 0.6 is 34.8 Å². The van der Waals surface area contributed by atoms with Crippen molar-refractivity contribution in [2.75, 3.05) is 31.1 Å². The Morgan fingerprint density at radius 1 is 0.622 bits per heavy atom. The molecule has 0 saturated carbocycles. The van der Waals surface area contributed by atoms with Gasteiger partial charge in [-0.1, -0.05) is 23.2 Å². The molecule has 4 aromatic heterocycles. The maximum absolute atomic E-state index is 13.8. The van der Waals surface area contributed by atoms with E-state index in [1.165, 1.54) is 95.2 Å². The lowest BCUT2D eigenvalue weighted by molar-refractivity contribution is -0.140. The Morgan fingerprint density at radius 2 is 1.05 bits per heavy atom. The van der Waals surface area contributed by atoms with E-state index in [9.17, 15) is 50.6 Å². The van der Waals surface area contributed by atoms with Crippen LogP contribution in [0.5, 0.6) is 23.3 Å². The molecule has 6 aromatic rings. The number of anilines is 2. The first-order chi connectivity index (χ1) is 34.8. The molecule has 6 rings (SSSR count). The van der Waals surface area contributed by atoms with Gasteiger partial charge >= 0.3 is 24.3 Å². The van der Waals surface area contributed by atoms with Gasteiger partial charge in [0.1, 0.15) is 34.0 Å². The largest absolute Gasteiger partial charge is 0.478 e. The van der Waals surface area contributed by atoms with Crippen molar-refractivity contribution in [3.05, 3.63) is 152 Å². The number of halogens is 9. The van der Waals surface area contributed by atoms with Crippen molar-refractivity contribution >= 4 is 69.9 Å². The summed E-state index contributed by atoms with van der Waals surface area (Å²) in [4.78, 5) is 74.2. The molecule has 2 amide bonds. The third kappa shape index (κ3) is 14.6. The number of aromatic nitrogens is 4. The molecule has 0 spiro atoms. The van der Waals surface area contributed by atoms with Crippen LogP contribution in [0.2, 0.25) is 10.0 Å². The average Bonchev–Trinajstić information content (AvgIpc) is 3.34. The molecular formula is C49H44Cl3F6N7O9. The Labute approximate surface area is 434 Å². The number of esters is 1. The second-order valence-electron chi connectivity index (χ2n) is 16.1. The van der Waals surface area contributed by atoms with Crippen molar-refractivity contribution < 1.29 is 69.7 Å². The van der Waals surface area contributed by atoms with E-state index in [-0.39, 0.29) is 68.9 Å². The summed E-state index contributed by atoms with van der Waals surface area (Å²) in [5.41, 5.74) is -2.13. The number of carboxylic acid groups (broad SMARTS) is 1. The third-order valence-corrected chi connectivity index (χ3v) is 10.9. The quantitative estimate of drug-likeness (QED) is 0.0417. The summed E-state index contributed by atoms with van der Waals surface area (Å²) in [5.74, 6) is -5.37. The number of pyridine rings is 4. The normalized spacial score (nSPS) is 11.5. The molecule has 0 radical (unpaired) electrons. The minimum Gasteiger partial charge on any atom is -0.478 e. The second-order valence-corrected chi connectivity index (χ2v) is 17.3. The lowest BCUT2D eigenvalue weighted by Crippen LogP contribution is -2.38. The molecule has 1 N–H and O–H groups in total. The number of hydrogen-bond acceptors (Lipinski definition) is 13. The maximum atomic E-state index is 13.8. The molecule has 0 unspecified atom stereocenters. The Hall–Kier alpha value is -7.11. The van der Waals surface area contributed by atoms with Crippen LogP contribution in [-0.2, 0) is 34.4 Å². The Balaban J connectivity index is 0.000000274. The van der Waals surface area contributed by atoms with Crippen LogP contribution in [0.3, 0.4) is 0 Å². The molecule has 0 aliphatic carbocycles. The fourth-order valence-corrected chi connectivity index (χ4v) is 7.15. The molecule has 0 fully saturated rings. The molecule has 25 heteroatoms. The minimum absolute atomic E-state index is 0.00329. The standard InChI is InChI=1S/C25H24ClF3N4O5.C24H20Cl2F3N3O4/c1-14(2)33(23(34)20-7-5-16(26)12-30-20)21-8-6-17(10-18(21)24(35)36)38-22-19(25(27,28)29)9-15(11-31-22)13-32(3)37-4;1-13(2)32(22(33)19-6-4-15(26)12-30-19)20-7-5-16(9-17(20)23(34)35-3)36-21-18(24(27,28)29)8-14(10-25)11-31-21/h5-12,14H,13H2,1-4H3,(H,35,36);4-9,11-13H,10H2,1-3H3. The first kappa shape index (κ1) is 57.8. The monoisotopic (exact) mass is 1090 g/mol. The van der Waals surface area contributed by atoms with Crippen molar-refractivity contribution in [2.45, 2.75) is 64.6 Å². The van der Waals surface area contributed by atoms with Gasteiger partial charge in [-0.3, -0.25) is 9.59 Å². The van der Waals surface area contributed by atoms with E-state index >= 15 is 0 Å². The lowest BCUT2D eigenvalue weighted by atomic mass is 10.1. The van der Waals surface area contributed by atoms with Gasteiger partial charge < -0.3 is 34.0 Å². The number of rotatable bonds is 16. The van der Waals surface area contributed by atoms with E-state index in [4.69, 9.17) is 53.9 Å². The number of carboxylic acids is 1. The number of alkyl halides is 7. The number of ether oxygens (including phenoxy) is 3. The van der Waals surface area contributed by atoms with Gasteiger partial charge in [-0.2, -0.15) is 31.4 Å². The second kappa shape index (κ2) is 24.7. The van der Waals surface area contributed by atoms with Crippen LogP contribution in [0.25, 0.3) is 0 Å². The van der Waals surface area contributed by atoms with E-state index in [2.05, 4.69) is 19.9 Å². The van der Waals surface area contributed by atoms with Crippen LogP contribution in [0.4, 0.5) is 37.7 Å². The molecule has 0 saturated heterocycles. The van der Waals surface area contributed by atoms with Crippen molar-refractivity contribution in [3.8, 4) is 23.3 Å². The third-order valence-electron chi connectivity index (χ3n) is 10.2. The molecule has 0 aliphatic rings. The Morgan fingerprint density at radius 3 is 1.43 bits per heavy atom. The summed E-state index contributed by atoms with van der Waals surface area (Å²) < 4.78 is 97.7. The molecule has 4 heterocycles. The lowest BCUT2D eigenvalue weighted by Gasteiger charge is -2.28. The number of amides is 2. The Kier molecular flexibility index (Phi) is 19.3. The predicted molar refractivity (Wildman–Crippen MR) is 260 cm³/mol. The highest BCUT2D eigenvalue weighted by atomic mass is 35.5.